The number of hydrogen-bond donors (Lipinski definition) is 0. The monoisotopic (exact) mass is 1840 g/mol. The van der Waals surface area contributed by atoms with Crippen LogP contribution in [0.3, 0.4) is 0 Å². The first-order chi connectivity index (χ1) is 58.9. The fraction of sp³-hybridized carbons (Fsp3) is 0.923. The Morgan fingerprint density at radius 3 is 0.469 bits per heavy atom. The van der Waals surface area contributed by atoms with Gasteiger partial charge >= 0.3 is 47.8 Å². The molecule has 0 aliphatic carbocycles. The van der Waals surface area contributed by atoms with Crippen LogP contribution in [-0.2, 0) is 76.3 Å². The molecule has 0 aromatic carbocycles. The van der Waals surface area contributed by atoms with E-state index in [9.17, 15) is 38.4 Å². The summed E-state index contributed by atoms with van der Waals surface area (Å²) in [4.78, 5) is 91.5. The van der Waals surface area contributed by atoms with Gasteiger partial charge in [-0.2, -0.15) is 0 Å². The Kier molecular flexibility index (Phi) is 81.1. The average Bonchev–Trinajstić information content (AvgIpc) is 0.891. The van der Waals surface area contributed by atoms with Gasteiger partial charge in [0.1, 0.15) is 105 Å². The van der Waals surface area contributed by atoms with Crippen LogP contribution >= 0.6 is 0 Å². The summed E-state index contributed by atoms with van der Waals surface area (Å²) in [6, 6.07) is 0. The Balaban J connectivity index is -0.000000215. The maximum atomic E-state index is 11.8. The zero-order valence-electron chi connectivity index (χ0n) is 93.5. The molecule has 128 heavy (non-hydrogen) atoms. The molecule has 0 radical (unpaired) electrons. The quantitative estimate of drug-likeness (QED) is 0.0315. The zero-order valence-corrected chi connectivity index (χ0v) is 93.5. The topological polar surface area (TPSA) is 210 Å². The second-order valence-electron chi connectivity index (χ2n) is 42.9. The number of quaternary nitrogens is 8. The van der Waals surface area contributed by atoms with Gasteiger partial charge < -0.3 is 73.8 Å². The number of carbonyl (C=O) groups excluding carboxylic acids is 8. The van der Waals surface area contributed by atoms with Gasteiger partial charge in [-0.3, -0.25) is 38.4 Å². The molecule has 0 fully saturated rings. The number of ether oxygens (including phenoxy) is 8. The van der Waals surface area contributed by atoms with Crippen LogP contribution in [0.4, 0.5) is 0 Å². The van der Waals surface area contributed by atoms with E-state index in [2.05, 4.69) is 167 Å². The van der Waals surface area contributed by atoms with E-state index < -0.39 is 10.8 Å². The average molecular weight is 1840 g/mol. The molecule has 0 aliphatic rings. The molecule has 24 nitrogen and oxygen atoms in total. The van der Waals surface area contributed by atoms with Crippen molar-refractivity contribution in [1.29, 1.82) is 0 Å². The second kappa shape index (κ2) is 74.7. The SMILES string of the molecule is CC(C)(C)C(=O)OCC[N+](C)(C)C.CC(C)C(=O)OCC[N+](C)(C)C.CCCC[N+](CC)(CCC)CCOC(=O)C(C)(C)C.CCCC[N+](CC)(CCC)CCOC(=O)C(C)C.CCC[N+](CC)(CCC)CCOC(=O)C(C)(C)C.CCC[N+](CC)(CCC)CCOC(=O)C(C)C.CC[N+](CC)(CC)CCOC(=O)C(C)(C)C.CC[N+](CC)(CC)CCOC(=O)C(C)C. The minimum absolute atomic E-state index is 0.0162. The molecule has 0 bridgehead atoms. The van der Waals surface area contributed by atoms with Crippen molar-refractivity contribution in [2.75, 3.05) is 265 Å². The summed E-state index contributed by atoms with van der Waals surface area (Å²) in [5.41, 5.74) is -1.56. The van der Waals surface area contributed by atoms with Gasteiger partial charge in [-0.1, -0.05) is 124 Å². The molecule has 2 atom stereocenters. The van der Waals surface area contributed by atoms with Crippen molar-refractivity contribution in [1.82, 2.24) is 0 Å². The number of rotatable bonds is 56. The van der Waals surface area contributed by atoms with Crippen molar-refractivity contribution in [3.8, 4) is 0 Å². The number of unbranched alkanes of at least 4 members (excludes halogenated alkanes) is 2. The molecular weight excluding hydrogens is 1620 g/mol. The van der Waals surface area contributed by atoms with Crippen molar-refractivity contribution in [3.63, 3.8) is 0 Å². The van der Waals surface area contributed by atoms with E-state index in [0.29, 0.717) is 52.9 Å². The first-order valence-corrected chi connectivity index (χ1v) is 51.0. The number of likely N-dealkylation sites (N-methyl/N-ethyl adjacent to an activating group) is 8. The summed E-state index contributed by atoms with van der Waals surface area (Å²) in [6.07, 6.45) is 12.1. The Labute approximate surface area is 793 Å². The highest BCUT2D eigenvalue weighted by Crippen LogP contribution is 2.22. The molecule has 0 N–H and O–H groups in total. The van der Waals surface area contributed by atoms with E-state index in [4.69, 9.17) is 37.9 Å². The lowest BCUT2D eigenvalue weighted by molar-refractivity contribution is -0.927. The summed E-state index contributed by atoms with van der Waals surface area (Å²) in [6.45, 7) is 110. The van der Waals surface area contributed by atoms with E-state index in [-0.39, 0.29) is 82.3 Å². The number of hydrogen-bond acceptors (Lipinski definition) is 16. The summed E-state index contributed by atoms with van der Waals surface area (Å²) >= 11 is 0. The van der Waals surface area contributed by atoms with Gasteiger partial charge in [0.15, 0.2) is 0 Å². The lowest BCUT2D eigenvalue weighted by atomic mass is 9.97. The molecule has 0 saturated heterocycles. The lowest BCUT2D eigenvalue weighted by Gasteiger charge is -2.37. The van der Waals surface area contributed by atoms with Crippen LogP contribution in [0.25, 0.3) is 0 Å². The van der Waals surface area contributed by atoms with Crippen LogP contribution in [0.2, 0.25) is 0 Å². The second-order valence-corrected chi connectivity index (χ2v) is 42.9. The number of nitrogens with zero attached hydrogens (tertiary/aromatic N) is 8. The predicted octanol–water partition coefficient (Wildman–Crippen LogP) is 19.6. The van der Waals surface area contributed by atoms with Gasteiger partial charge in [0.25, 0.3) is 0 Å². The van der Waals surface area contributed by atoms with Crippen molar-refractivity contribution >= 4 is 47.8 Å². The van der Waals surface area contributed by atoms with Crippen molar-refractivity contribution < 1.29 is 112 Å². The smallest absolute Gasteiger partial charge is 0.311 e. The third-order valence-electron chi connectivity index (χ3n) is 24.0. The Morgan fingerprint density at radius 2 is 0.336 bits per heavy atom. The van der Waals surface area contributed by atoms with E-state index in [1.165, 1.54) is 117 Å². The maximum absolute atomic E-state index is 11.8. The summed E-state index contributed by atoms with van der Waals surface area (Å²) in [5.74, 6) is -0.822. The predicted molar refractivity (Wildman–Crippen MR) is 537 cm³/mol. The first-order valence-electron chi connectivity index (χ1n) is 51.0. The third kappa shape index (κ3) is 72.9. The zero-order chi connectivity index (χ0) is 102. The van der Waals surface area contributed by atoms with Gasteiger partial charge in [0, 0.05) is 0 Å². The van der Waals surface area contributed by atoms with E-state index in [1.54, 1.807) is 0 Å². The molecule has 0 aromatic heterocycles. The van der Waals surface area contributed by atoms with Gasteiger partial charge in [-0.15, -0.1) is 0 Å². The fourth-order valence-corrected chi connectivity index (χ4v) is 13.7. The molecule has 24 heteroatoms. The normalized spacial score (nSPS) is 13.0. The Bertz CT molecular complexity index is 2740. The highest BCUT2D eigenvalue weighted by atomic mass is 16.6. The van der Waals surface area contributed by atoms with Crippen LogP contribution in [-0.4, -0.2) is 349 Å². The number of esters is 8. The highest BCUT2D eigenvalue weighted by Gasteiger charge is 2.33. The molecular formula is C104H224N8O16+8. The van der Waals surface area contributed by atoms with Gasteiger partial charge in [-0.05, 0) is 204 Å². The molecule has 0 heterocycles. The minimum Gasteiger partial charge on any atom is -0.459 e. The van der Waals surface area contributed by atoms with E-state index >= 15 is 0 Å². The first kappa shape index (κ1) is 139. The molecule has 0 saturated carbocycles. The lowest BCUT2D eigenvalue weighted by Crippen LogP contribution is -2.51. The highest BCUT2D eigenvalue weighted by molar-refractivity contribution is 5.77. The van der Waals surface area contributed by atoms with E-state index in [0.717, 1.165) is 154 Å². The van der Waals surface area contributed by atoms with Crippen LogP contribution in [0.5, 0.6) is 0 Å². The Hall–Kier alpha value is -4.56. The van der Waals surface area contributed by atoms with Crippen molar-refractivity contribution in [2.24, 2.45) is 45.3 Å². The van der Waals surface area contributed by atoms with Crippen molar-refractivity contribution in [3.05, 3.63) is 0 Å². The van der Waals surface area contributed by atoms with Gasteiger partial charge in [0.05, 0.1) is 205 Å². The van der Waals surface area contributed by atoms with Gasteiger partial charge in [0.2, 0.25) is 0 Å². The molecule has 2 unspecified atom stereocenters. The molecule has 0 amide bonds. The standard InChI is InChI=1S/C16H34NO2.2C15H32NO2.C14H30NO2.C13H28NO2.C12H26NO2.C10H22NO2.C9H20NO2/c1-7-10-12-17(9-3,11-8-2)13-14-19-15(18)16(4,5)6;1-7-10-16(9-3,11-8-2)12-13-18-14(17)15(4,5)6;1-6-9-11-16(8-3,10-7-2)12-13-18-15(17)14(4)5;1-6-9-15(8-3,10-7-2)11-12-17-14(16)13(4)5;1-7-14(8-2,9-3)10-11-16-12(15)13(4,5)6;1-6-13(7-2,8-3)9-10-15-12(14)11(4)5;1-10(2,3)9(12)13-8-7-11(4,5)6;1-8(2)9(11)12-7-6-10(3,4)5/h7-14H2,1-6H3;7-13H2,1-6H3;14H,6-13H2,1-5H3;13H,6-12H2,1-5H3;7-11H2,1-6H3;11H,6-10H2,1-5H3;7-8H2,1-6H3;8H,6-7H2,1-5H3/q8*+1. The molecule has 0 aromatic rings. The van der Waals surface area contributed by atoms with Crippen LogP contribution < -0.4 is 0 Å². The third-order valence-corrected chi connectivity index (χ3v) is 24.0. The summed E-state index contributed by atoms with van der Waals surface area (Å²) in [5, 5.41) is 0. The van der Waals surface area contributed by atoms with Crippen molar-refractivity contribution in [2.45, 2.75) is 327 Å². The van der Waals surface area contributed by atoms with Crippen LogP contribution in [0, 0.1) is 45.3 Å². The minimum atomic E-state index is -0.393. The van der Waals surface area contributed by atoms with Gasteiger partial charge in [-0.25, -0.2) is 0 Å². The van der Waals surface area contributed by atoms with E-state index in [1.807, 2.05) is 138 Å². The van der Waals surface area contributed by atoms with Crippen LogP contribution in [0.1, 0.15) is 327 Å². The summed E-state index contributed by atoms with van der Waals surface area (Å²) < 4.78 is 50.2. The number of carbonyl (C=O) groups is 8. The molecule has 0 spiro atoms. The molecule has 0 rings (SSSR count). The largest absolute Gasteiger partial charge is 0.459 e. The van der Waals surface area contributed by atoms with Crippen LogP contribution in [0.15, 0.2) is 0 Å². The maximum Gasteiger partial charge on any atom is 0.311 e. The molecule has 0 aliphatic heterocycles. The Morgan fingerprint density at radius 1 is 0.195 bits per heavy atom. The fourth-order valence-electron chi connectivity index (χ4n) is 13.7. The summed E-state index contributed by atoms with van der Waals surface area (Å²) in [7, 11) is 12.4. The molecule has 768 valence electrons.